The molecule has 16 heteroatoms. The van der Waals surface area contributed by atoms with Crippen molar-refractivity contribution in [3.05, 3.63) is 52.1 Å². The van der Waals surface area contributed by atoms with Crippen molar-refractivity contribution in [2.45, 2.75) is 72.1 Å². The lowest BCUT2D eigenvalue weighted by Gasteiger charge is -2.34. The number of ether oxygens (including phenoxy) is 2. The summed E-state index contributed by atoms with van der Waals surface area (Å²) in [6.45, 7) is 12.6. The summed E-state index contributed by atoms with van der Waals surface area (Å²) in [4.78, 5) is 55.1. The molecule has 4 aromatic rings. The number of cyclic esters (lactones) is 1. The number of hydrogen-bond donors (Lipinski definition) is 2. The molecule has 0 radical (unpaired) electrons. The first-order chi connectivity index (χ1) is 27.8. The number of anilines is 1. The fourth-order valence-electron chi connectivity index (χ4n) is 8.23. The van der Waals surface area contributed by atoms with E-state index in [1.54, 1.807) is 12.5 Å². The molecule has 2 saturated heterocycles. The number of carbonyl (C=O) groups is 3. The number of nitrogens with zero attached hydrogens (tertiary/aromatic N) is 6. The van der Waals surface area contributed by atoms with Gasteiger partial charge in [0.25, 0.3) is 5.91 Å². The Labute approximate surface area is 354 Å². The van der Waals surface area contributed by atoms with Gasteiger partial charge in [0, 0.05) is 97.9 Å². The maximum absolute atomic E-state index is 13.9. The van der Waals surface area contributed by atoms with Crippen molar-refractivity contribution in [2.75, 3.05) is 58.4 Å². The van der Waals surface area contributed by atoms with Gasteiger partial charge in [0.2, 0.25) is 5.91 Å². The van der Waals surface area contributed by atoms with Crippen LogP contribution in [-0.2, 0) is 43.2 Å². The second-order valence-electron chi connectivity index (χ2n) is 16.2. The van der Waals surface area contributed by atoms with Gasteiger partial charge in [-0.05, 0) is 57.0 Å². The Morgan fingerprint density at radius 2 is 1.97 bits per heavy atom. The number of benzene rings is 1. The third kappa shape index (κ3) is 8.67. The lowest BCUT2D eigenvalue weighted by molar-refractivity contribution is -0.149. The molecule has 308 valence electrons. The quantitative estimate of drug-likeness (QED) is 0.179. The minimum atomic E-state index is -0.888. The molecule has 6 bridgehead atoms. The number of aromatic nitrogens is 3. The van der Waals surface area contributed by atoms with E-state index in [1.165, 1.54) is 23.3 Å². The number of carbonyl (C=O) groups excluding carboxylic acids is 3. The molecule has 6 heterocycles. The van der Waals surface area contributed by atoms with Gasteiger partial charge in [0.1, 0.15) is 23.1 Å². The minimum Gasteiger partial charge on any atom is -0.465 e. The SMILES string of the molecule is CCn1c(-c2cc(N3CCN(C)CC3)cnc2[C@H](C=S)OC)c2c3cc(ccc31)-c1csc(n1)CC(NC(C)=O)C(=O)N1CCC[C@@H](C(=O)OCC(C)(C)C2)C(=S)N1. The van der Waals surface area contributed by atoms with Crippen LogP contribution in [-0.4, -0.2) is 112 Å². The number of thiocarbonyl (C=S) groups is 2. The third-order valence-corrected chi connectivity index (χ3v) is 12.8. The molecule has 2 fully saturated rings. The first-order valence-corrected chi connectivity index (χ1v) is 21.6. The summed E-state index contributed by atoms with van der Waals surface area (Å²) in [5.41, 5.74) is 10.1. The van der Waals surface area contributed by atoms with Crippen LogP contribution in [0.25, 0.3) is 33.4 Å². The number of nitrogens with one attached hydrogen (secondary N) is 2. The molecule has 3 aromatic heterocycles. The average Bonchev–Trinajstić information content (AvgIpc) is 3.73. The van der Waals surface area contributed by atoms with Crippen LogP contribution in [0, 0.1) is 11.3 Å². The van der Waals surface area contributed by atoms with E-state index in [0.29, 0.717) is 37.4 Å². The van der Waals surface area contributed by atoms with Gasteiger partial charge in [-0.2, -0.15) is 0 Å². The first-order valence-electron chi connectivity index (χ1n) is 19.9. The van der Waals surface area contributed by atoms with E-state index in [2.05, 4.69) is 77.2 Å². The lowest BCUT2D eigenvalue weighted by Crippen LogP contribution is -2.55. The number of rotatable bonds is 7. The Hall–Kier alpha value is -4.35. The van der Waals surface area contributed by atoms with Gasteiger partial charge in [-0.25, -0.2) is 4.98 Å². The van der Waals surface area contributed by atoms with Crippen molar-refractivity contribution in [1.29, 1.82) is 0 Å². The summed E-state index contributed by atoms with van der Waals surface area (Å²) >= 11 is 12.7. The van der Waals surface area contributed by atoms with Crippen LogP contribution in [0.3, 0.4) is 0 Å². The molecule has 13 nitrogen and oxygen atoms in total. The smallest absolute Gasteiger partial charge is 0.315 e. The predicted octanol–water partition coefficient (Wildman–Crippen LogP) is 5.53. The summed E-state index contributed by atoms with van der Waals surface area (Å²) in [6, 6.07) is 7.77. The molecule has 0 aliphatic carbocycles. The Balaban J connectivity index is 1.42. The minimum absolute atomic E-state index is 0.138. The van der Waals surface area contributed by atoms with Gasteiger partial charge in [-0.3, -0.25) is 29.8 Å². The predicted molar refractivity (Wildman–Crippen MR) is 235 cm³/mol. The zero-order valence-electron chi connectivity index (χ0n) is 34.0. The Bertz CT molecular complexity index is 2230. The lowest BCUT2D eigenvalue weighted by atomic mass is 9.84. The van der Waals surface area contributed by atoms with E-state index in [9.17, 15) is 14.4 Å². The van der Waals surface area contributed by atoms with Crippen LogP contribution in [0.2, 0.25) is 0 Å². The van der Waals surface area contributed by atoms with Crippen molar-refractivity contribution >= 4 is 80.5 Å². The van der Waals surface area contributed by atoms with Crippen molar-refractivity contribution in [3.8, 4) is 22.5 Å². The van der Waals surface area contributed by atoms with E-state index in [1.807, 2.05) is 11.6 Å². The highest BCUT2D eigenvalue weighted by molar-refractivity contribution is 7.80. The van der Waals surface area contributed by atoms with Crippen LogP contribution < -0.4 is 15.6 Å². The van der Waals surface area contributed by atoms with Crippen LogP contribution in [0.4, 0.5) is 5.69 Å². The third-order valence-electron chi connectivity index (χ3n) is 11.3. The second-order valence-corrected chi connectivity index (χ2v) is 17.9. The van der Waals surface area contributed by atoms with Crippen molar-refractivity contribution in [3.63, 3.8) is 0 Å². The highest BCUT2D eigenvalue weighted by Crippen LogP contribution is 2.43. The van der Waals surface area contributed by atoms with Crippen molar-refractivity contribution < 1.29 is 23.9 Å². The molecule has 3 aliphatic rings. The summed E-state index contributed by atoms with van der Waals surface area (Å²) in [5.74, 6) is -1.84. The fraction of sp³-hybridized carbons (Fsp3) is 0.500. The van der Waals surface area contributed by atoms with E-state index >= 15 is 0 Å². The number of esters is 1. The van der Waals surface area contributed by atoms with Crippen LogP contribution >= 0.6 is 35.8 Å². The topological polar surface area (TPSA) is 134 Å². The number of aryl methyl sites for hydroxylation is 1. The van der Waals surface area contributed by atoms with Gasteiger partial charge in [-0.1, -0.05) is 44.3 Å². The van der Waals surface area contributed by atoms with Gasteiger partial charge in [0.05, 0.1) is 40.6 Å². The number of piperazine rings is 1. The van der Waals surface area contributed by atoms with E-state index in [-0.39, 0.29) is 29.8 Å². The van der Waals surface area contributed by atoms with Gasteiger partial charge in [0.15, 0.2) is 0 Å². The van der Waals surface area contributed by atoms with Crippen molar-refractivity contribution in [2.24, 2.45) is 11.3 Å². The molecule has 2 N–H and O–H groups in total. The van der Waals surface area contributed by atoms with Crippen LogP contribution in [0.5, 0.6) is 0 Å². The maximum Gasteiger partial charge on any atom is 0.315 e. The van der Waals surface area contributed by atoms with Crippen molar-refractivity contribution in [1.82, 2.24) is 35.2 Å². The molecule has 1 unspecified atom stereocenters. The Morgan fingerprint density at radius 3 is 2.67 bits per heavy atom. The largest absolute Gasteiger partial charge is 0.465 e. The monoisotopic (exact) mass is 844 g/mol. The molecular formula is C42H52N8O5S3. The number of hydrazine groups is 1. The van der Waals surface area contributed by atoms with Crippen LogP contribution in [0.1, 0.15) is 62.9 Å². The number of likely N-dealkylation sites (N-methyl/N-ethyl adjacent to an activating group) is 1. The summed E-state index contributed by atoms with van der Waals surface area (Å²) in [6.07, 6.45) is 3.10. The summed E-state index contributed by atoms with van der Waals surface area (Å²) < 4.78 is 14.4. The van der Waals surface area contributed by atoms with Crippen LogP contribution in [0.15, 0.2) is 35.8 Å². The molecular weight excluding hydrogens is 793 g/mol. The fourth-order valence-corrected chi connectivity index (χ4v) is 9.65. The standard InChI is InChI=1S/C42H52N8O5S3/c1-7-49-34-11-10-26-17-29(34)31(38(49)30-18-27(48-15-13-47(5)14-16-48)21-43-37(30)35(22-56)54-6)20-42(3,4)24-55-41(53)28-9-8-12-50(46-39(28)57)40(52)32(44-25(2)51)19-36-45-33(26)23-58-36/h10-11,17-18,21-23,28,32,35H,7-9,12-16,19-20,24H2,1-6H3,(H,44,51)(H,46,57)/t28-,32?,35+/m1/s1. The van der Waals surface area contributed by atoms with Gasteiger partial charge in [-0.15, -0.1) is 11.3 Å². The number of amides is 2. The second kappa shape index (κ2) is 17.5. The Morgan fingerprint density at radius 1 is 1.19 bits per heavy atom. The molecule has 0 spiro atoms. The average molecular weight is 845 g/mol. The van der Waals surface area contributed by atoms with E-state index < -0.39 is 29.4 Å². The molecule has 7 rings (SSSR count). The highest BCUT2D eigenvalue weighted by Gasteiger charge is 2.36. The molecule has 0 saturated carbocycles. The molecule has 1 aromatic carbocycles. The molecule has 3 atom stereocenters. The van der Waals surface area contributed by atoms with E-state index in [4.69, 9.17) is 43.9 Å². The normalized spacial score (nSPS) is 21.2. The first kappa shape index (κ1) is 41.8. The zero-order chi connectivity index (χ0) is 41.3. The molecule has 3 aliphatic heterocycles. The summed E-state index contributed by atoms with van der Waals surface area (Å²) in [7, 11) is 3.80. The zero-order valence-corrected chi connectivity index (χ0v) is 36.5. The molecule has 58 heavy (non-hydrogen) atoms. The Kier molecular flexibility index (Phi) is 12.6. The molecule has 2 amide bonds. The number of fused-ring (bicyclic) bond motifs is 7. The van der Waals surface area contributed by atoms with E-state index in [0.717, 1.165) is 76.5 Å². The van der Waals surface area contributed by atoms with Gasteiger partial charge < -0.3 is 29.2 Å². The number of methoxy groups -OCH3 is 1. The number of thiazole rings is 1. The van der Waals surface area contributed by atoms with Gasteiger partial charge >= 0.3 is 5.97 Å². The number of pyridine rings is 1. The number of hydrogen-bond acceptors (Lipinski definition) is 12. The maximum atomic E-state index is 13.9. The highest BCUT2D eigenvalue weighted by atomic mass is 32.1. The summed E-state index contributed by atoms with van der Waals surface area (Å²) in [5, 5.41) is 9.61.